The lowest BCUT2D eigenvalue weighted by molar-refractivity contribution is 0.185. The zero-order valence-corrected chi connectivity index (χ0v) is 11.0. The number of alkyl halides is 1. The zero-order valence-electron chi connectivity index (χ0n) is 9.41. The Bertz CT molecular complexity index is 299. The fraction of sp³-hybridized carbons (Fsp3) is 1.00. The molecule has 1 rings (SSSR count). The van der Waals surface area contributed by atoms with Crippen molar-refractivity contribution in [2.75, 3.05) is 18.2 Å². The van der Waals surface area contributed by atoms with E-state index in [1.165, 1.54) is 0 Å². The zero-order chi connectivity index (χ0) is 12.1. The van der Waals surface area contributed by atoms with Gasteiger partial charge in [-0.1, -0.05) is 12.8 Å². The number of unbranched alkanes of at least 4 members (excludes halogenated alkanes) is 1. The Balaban J connectivity index is 2.50. The predicted molar refractivity (Wildman–Crippen MR) is 65.2 cm³/mol. The summed E-state index contributed by atoms with van der Waals surface area (Å²) in [5.41, 5.74) is -0.597. The minimum Gasteiger partial charge on any atom is -0.394 e. The quantitative estimate of drug-likeness (QED) is 0.540. The smallest absolute Gasteiger partial charge is 0.212 e. The molecule has 1 fully saturated rings. The SMILES string of the molecule is O=S(=O)(CCCCCl)NC1(CO)CCCC1. The molecular weight excluding hydrogens is 250 g/mol. The molecule has 4 nitrogen and oxygen atoms in total. The Hall–Kier alpha value is 0.160. The van der Waals surface area contributed by atoms with Gasteiger partial charge >= 0.3 is 0 Å². The summed E-state index contributed by atoms with van der Waals surface area (Å²) in [4.78, 5) is 0. The maximum absolute atomic E-state index is 11.8. The van der Waals surface area contributed by atoms with Gasteiger partial charge in [-0.2, -0.15) is 0 Å². The molecule has 6 heteroatoms. The second kappa shape index (κ2) is 6.19. The molecule has 16 heavy (non-hydrogen) atoms. The topological polar surface area (TPSA) is 66.4 Å². The Kier molecular flexibility index (Phi) is 5.50. The van der Waals surface area contributed by atoms with Gasteiger partial charge in [-0.05, 0) is 25.7 Å². The summed E-state index contributed by atoms with van der Waals surface area (Å²) in [5, 5.41) is 9.30. The number of halogens is 1. The predicted octanol–water partition coefficient (Wildman–Crippen LogP) is 1.23. The third kappa shape index (κ3) is 4.20. The standard InChI is InChI=1S/C10H20ClNO3S/c11-7-3-4-8-16(14,15)12-10(9-13)5-1-2-6-10/h12-13H,1-9H2. The lowest BCUT2D eigenvalue weighted by atomic mass is 10.0. The van der Waals surface area contributed by atoms with Crippen molar-refractivity contribution in [2.45, 2.75) is 44.1 Å². The first-order valence-electron chi connectivity index (χ1n) is 5.72. The molecule has 0 radical (unpaired) electrons. The molecule has 0 atom stereocenters. The van der Waals surface area contributed by atoms with Gasteiger partial charge in [0.15, 0.2) is 0 Å². The normalized spacial score (nSPS) is 20.1. The first-order chi connectivity index (χ1) is 7.54. The summed E-state index contributed by atoms with van der Waals surface area (Å²) in [5.74, 6) is 0.585. The Morgan fingerprint density at radius 2 is 1.88 bits per heavy atom. The number of rotatable bonds is 7. The highest BCUT2D eigenvalue weighted by Crippen LogP contribution is 2.29. The average molecular weight is 270 g/mol. The van der Waals surface area contributed by atoms with Crippen molar-refractivity contribution in [2.24, 2.45) is 0 Å². The summed E-state index contributed by atoms with van der Waals surface area (Å²) >= 11 is 5.50. The molecule has 0 aromatic heterocycles. The van der Waals surface area contributed by atoms with E-state index in [0.717, 1.165) is 25.7 Å². The van der Waals surface area contributed by atoms with Gasteiger partial charge in [0.2, 0.25) is 10.0 Å². The maximum atomic E-state index is 11.8. The van der Waals surface area contributed by atoms with E-state index < -0.39 is 15.6 Å². The van der Waals surface area contributed by atoms with Gasteiger partial charge in [-0.15, -0.1) is 11.6 Å². The van der Waals surface area contributed by atoms with E-state index in [2.05, 4.69) is 4.72 Å². The van der Waals surface area contributed by atoms with Gasteiger partial charge in [0, 0.05) is 5.88 Å². The molecule has 0 aromatic carbocycles. The molecule has 0 aromatic rings. The van der Waals surface area contributed by atoms with Crippen LogP contribution in [0, 0.1) is 0 Å². The van der Waals surface area contributed by atoms with Crippen LogP contribution in [0.1, 0.15) is 38.5 Å². The monoisotopic (exact) mass is 269 g/mol. The molecule has 1 aliphatic rings. The van der Waals surface area contributed by atoms with Crippen LogP contribution in [0.15, 0.2) is 0 Å². The second-order valence-electron chi connectivity index (χ2n) is 4.46. The summed E-state index contributed by atoms with van der Waals surface area (Å²) in [7, 11) is -3.28. The minimum absolute atomic E-state index is 0.0987. The number of nitrogens with one attached hydrogen (secondary N) is 1. The molecular formula is C10H20ClNO3S. The lowest BCUT2D eigenvalue weighted by Gasteiger charge is -2.27. The molecule has 0 amide bonds. The van der Waals surface area contributed by atoms with Crippen LogP contribution in [0.2, 0.25) is 0 Å². The van der Waals surface area contributed by atoms with Gasteiger partial charge in [0.1, 0.15) is 0 Å². The first kappa shape index (κ1) is 14.2. The average Bonchev–Trinajstić information content (AvgIpc) is 2.66. The largest absolute Gasteiger partial charge is 0.394 e. The van der Waals surface area contributed by atoms with E-state index in [4.69, 9.17) is 11.6 Å². The lowest BCUT2D eigenvalue weighted by Crippen LogP contribution is -2.49. The van der Waals surface area contributed by atoms with E-state index in [9.17, 15) is 13.5 Å². The van der Waals surface area contributed by atoms with Crippen molar-refractivity contribution < 1.29 is 13.5 Å². The van der Waals surface area contributed by atoms with Crippen molar-refractivity contribution in [1.29, 1.82) is 0 Å². The Morgan fingerprint density at radius 3 is 2.38 bits per heavy atom. The van der Waals surface area contributed by atoms with Gasteiger partial charge in [0.25, 0.3) is 0 Å². The van der Waals surface area contributed by atoms with Crippen molar-refractivity contribution >= 4 is 21.6 Å². The molecule has 0 aliphatic heterocycles. The molecule has 0 saturated heterocycles. The molecule has 1 aliphatic carbocycles. The Morgan fingerprint density at radius 1 is 1.25 bits per heavy atom. The molecule has 96 valence electrons. The van der Waals surface area contributed by atoms with Crippen LogP contribution in [0.25, 0.3) is 0 Å². The number of aliphatic hydroxyl groups excluding tert-OH is 1. The van der Waals surface area contributed by atoms with Gasteiger partial charge in [0.05, 0.1) is 17.9 Å². The van der Waals surface area contributed by atoms with E-state index in [1.807, 2.05) is 0 Å². The first-order valence-corrected chi connectivity index (χ1v) is 7.91. The van der Waals surface area contributed by atoms with Crippen molar-refractivity contribution in [3.8, 4) is 0 Å². The van der Waals surface area contributed by atoms with Crippen molar-refractivity contribution in [3.05, 3.63) is 0 Å². The van der Waals surface area contributed by atoms with Crippen LogP contribution in [0.5, 0.6) is 0 Å². The third-order valence-corrected chi connectivity index (χ3v) is 4.87. The summed E-state index contributed by atoms with van der Waals surface area (Å²) in [6.07, 6.45) is 4.70. The van der Waals surface area contributed by atoms with Crippen LogP contribution in [-0.2, 0) is 10.0 Å². The second-order valence-corrected chi connectivity index (χ2v) is 6.68. The number of hydrogen-bond acceptors (Lipinski definition) is 3. The maximum Gasteiger partial charge on any atom is 0.212 e. The highest BCUT2D eigenvalue weighted by atomic mass is 35.5. The third-order valence-electron chi connectivity index (χ3n) is 3.03. The summed E-state index contributed by atoms with van der Waals surface area (Å²) in [6.45, 7) is -0.109. The fourth-order valence-corrected chi connectivity index (χ4v) is 3.92. The molecule has 0 unspecified atom stereocenters. The van der Waals surface area contributed by atoms with Crippen molar-refractivity contribution in [3.63, 3.8) is 0 Å². The van der Waals surface area contributed by atoms with Gasteiger partial charge < -0.3 is 5.11 Å². The molecule has 0 bridgehead atoms. The molecule has 2 N–H and O–H groups in total. The van der Waals surface area contributed by atoms with E-state index in [0.29, 0.717) is 18.7 Å². The van der Waals surface area contributed by atoms with E-state index in [1.54, 1.807) is 0 Å². The minimum atomic E-state index is -3.28. The highest BCUT2D eigenvalue weighted by Gasteiger charge is 2.36. The van der Waals surface area contributed by atoms with Crippen LogP contribution in [-0.4, -0.2) is 37.3 Å². The molecule has 1 saturated carbocycles. The van der Waals surface area contributed by atoms with Crippen LogP contribution in [0.4, 0.5) is 0 Å². The van der Waals surface area contributed by atoms with Crippen LogP contribution < -0.4 is 4.72 Å². The fourth-order valence-electron chi connectivity index (χ4n) is 2.11. The van der Waals surface area contributed by atoms with Gasteiger partial charge in [-0.25, -0.2) is 13.1 Å². The molecule has 0 heterocycles. The Labute approximate surface area is 102 Å². The summed E-state index contributed by atoms with van der Waals surface area (Å²) < 4.78 is 26.2. The summed E-state index contributed by atoms with van der Waals surface area (Å²) in [6, 6.07) is 0. The number of sulfonamides is 1. The highest BCUT2D eigenvalue weighted by molar-refractivity contribution is 7.89. The van der Waals surface area contributed by atoms with E-state index >= 15 is 0 Å². The van der Waals surface area contributed by atoms with Gasteiger partial charge in [-0.3, -0.25) is 0 Å². The molecule has 0 spiro atoms. The van der Waals surface area contributed by atoms with Crippen LogP contribution >= 0.6 is 11.6 Å². The van der Waals surface area contributed by atoms with Crippen LogP contribution in [0.3, 0.4) is 0 Å². The van der Waals surface area contributed by atoms with E-state index in [-0.39, 0.29) is 12.4 Å². The number of aliphatic hydroxyl groups is 1. The number of hydrogen-bond donors (Lipinski definition) is 2. The van der Waals surface area contributed by atoms with Crippen molar-refractivity contribution in [1.82, 2.24) is 4.72 Å².